The Labute approximate surface area is 126 Å². The zero-order valence-corrected chi connectivity index (χ0v) is 11.8. The van der Waals surface area contributed by atoms with E-state index < -0.39 is 5.97 Å². The maximum absolute atomic E-state index is 10.7. The Kier molecular flexibility index (Phi) is 3.62. The molecule has 106 valence electrons. The Bertz CT molecular complexity index is 793. The van der Waals surface area contributed by atoms with Gasteiger partial charge >= 0.3 is 5.97 Å². The molecule has 1 N–H and O–H groups in total. The van der Waals surface area contributed by atoms with Crippen LogP contribution in [0.15, 0.2) is 46.9 Å². The molecule has 0 saturated carbocycles. The lowest BCUT2D eigenvalue weighted by Crippen LogP contribution is -1.99. The highest BCUT2D eigenvalue weighted by molar-refractivity contribution is 6.30. The van der Waals surface area contributed by atoms with Gasteiger partial charge < -0.3 is 9.52 Å². The maximum atomic E-state index is 10.7. The second-order valence-electron chi connectivity index (χ2n) is 4.78. The predicted molar refractivity (Wildman–Crippen MR) is 79.6 cm³/mol. The molecule has 0 spiro atoms. The van der Waals surface area contributed by atoms with Crippen molar-refractivity contribution in [1.29, 1.82) is 0 Å². The number of benzene rings is 2. The van der Waals surface area contributed by atoms with Crippen molar-refractivity contribution in [3.8, 4) is 0 Å². The number of halogens is 1. The van der Waals surface area contributed by atoms with Crippen LogP contribution in [0.2, 0.25) is 5.02 Å². The lowest BCUT2D eigenvalue weighted by atomic mass is 10.1. The third kappa shape index (κ3) is 3.23. The van der Waals surface area contributed by atoms with Gasteiger partial charge in [0.25, 0.3) is 0 Å². The summed E-state index contributed by atoms with van der Waals surface area (Å²) in [6.45, 7) is 0. The number of aliphatic carboxylic acids is 1. The van der Waals surface area contributed by atoms with Crippen molar-refractivity contribution < 1.29 is 14.3 Å². The van der Waals surface area contributed by atoms with Crippen LogP contribution >= 0.6 is 11.6 Å². The predicted octanol–water partition coefficient (Wildman–Crippen LogP) is 3.70. The summed E-state index contributed by atoms with van der Waals surface area (Å²) in [5, 5.41) is 9.50. The molecule has 0 bridgehead atoms. The van der Waals surface area contributed by atoms with Gasteiger partial charge in [0.2, 0.25) is 0 Å². The van der Waals surface area contributed by atoms with Gasteiger partial charge in [-0.15, -0.1) is 0 Å². The van der Waals surface area contributed by atoms with Gasteiger partial charge in [0.1, 0.15) is 5.52 Å². The molecule has 0 atom stereocenters. The van der Waals surface area contributed by atoms with Gasteiger partial charge in [-0.2, -0.15) is 0 Å². The second-order valence-corrected chi connectivity index (χ2v) is 5.22. The molecule has 0 aliphatic rings. The van der Waals surface area contributed by atoms with Crippen molar-refractivity contribution in [3.05, 3.63) is 64.5 Å². The van der Waals surface area contributed by atoms with E-state index >= 15 is 0 Å². The molecule has 21 heavy (non-hydrogen) atoms. The zero-order chi connectivity index (χ0) is 14.8. The quantitative estimate of drug-likeness (QED) is 0.798. The van der Waals surface area contributed by atoms with Crippen LogP contribution in [0.4, 0.5) is 0 Å². The lowest BCUT2D eigenvalue weighted by molar-refractivity contribution is -0.136. The molecule has 0 radical (unpaired) electrons. The zero-order valence-electron chi connectivity index (χ0n) is 11.0. The normalized spacial score (nSPS) is 10.9. The van der Waals surface area contributed by atoms with Gasteiger partial charge in [0, 0.05) is 11.4 Å². The summed E-state index contributed by atoms with van der Waals surface area (Å²) in [7, 11) is 0. The lowest BCUT2D eigenvalue weighted by Gasteiger charge is -1.96. The minimum Gasteiger partial charge on any atom is -0.481 e. The second kappa shape index (κ2) is 5.58. The Morgan fingerprint density at radius 1 is 1.14 bits per heavy atom. The van der Waals surface area contributed by atoms with E-state index in [1.165, 1.54) is 0 Å². The molecular weight excluding hydrogens is 290 g/mol. The minimum absolute atomic E-state index is 0.0185. The molecule has 2 aromatic carbocycles. The highest BCUT2D eigenvalue weighted by Crippen LogP contribution is 2.20. The smallest absolute Gasteiger partial charge is 0.307 e. The average molecular weight is 302 g/mol. The molecule has 1 heterocycles. The van der Waals surface area contributed by atoms with Crippen LogP contribution in [-0.4, -0.2) is 16.1 Å². The first kappa shape index (κ1) is 13.6. The van der Waals surface area contributed by atoms with Crippen LogP contribution in [-0.2, 0) is 17.6 Å². The van der Waals surface area contributed by atoms with E-state index in [2.05, 4.69) is 4.98 Å². The van der Waals surface area contributed by atoms with Crippen molar-refractivity contribution in [3.63, 3.8) is 0 Å². The molecule has 0 aliphatic carbocycles. The van der Waals surface area contributed by atoms with Crippen LogP contribution < -0.4 is 0 Å². The molecule has 0 aliphatic heterocycles. The molecule has 5 heteroatoms. The van der Waals surface area contributed by atoms with E-state index in [-0.39, 0.29) is 6.42 Å². The SMILES string of the molecule is O=C(O)Cc1ccc2oc(Cc3ccc(Cl)cc3)nc2c1. The molecule has 4 nitrogen and oxygen atoms in total. The van der Waals surface area contributed by atoms with Gasteiger partial charge in [-0.05, 0) is 35.4 Å². The van der Waals surface area contributed by atoms with E-state index in [1.807, 2.05) is 24.3 Å². The number of hydrogen-bond donors (Lipinski definition) is 1. The molecule has 1 aromatic heterocycles. The fourth-order valence-electron chi connectivity index (χ4n) is 2.16. The summed E-state index contributed by atoms with van der Waals surface area (Å²) in [5.41, 5.74) is 3.10. The molecule has 0 amide bonds. The largest absolute Gasteiger partial charge is 0.481 e. The third-order valence-electron chi connectivity index (χ3n) is 3.12. The highest BCUT2D eigenvalue weighted by Gasteiger charge is 2.09. The van der Waals surface area contributed by atoms with Crippen molar-refractivity contribution in [2.24, 2.45) is 0 Å². The van der Waals surface area contributed by atoms with Crippen LogP contribution in [0.5, 0.6) is 0 Å². The molecule has 0 unspecified atom stereocenters. The van der Waals surface area contributed by atoms with Crippen molar-refractivity contribution >= 4 is 28.7 Å². The summed E-state index contributed by atoms with van der Waals surface area (Å²) in [4.78, 5) is 15.1. The number of fused-ring (bicyclic) bond motifs is 1. The number of carbonyl (C=O) groups is 1. The Hall–Kier alpha value is -2.33. The number of hydrogen-bond acceptors (Lipinski definition) is 3. The van der Waals surface area contributed by atoms with E-state index in [1.54, 1.807) is 18.2 Å². The van der Waals surface area contributed by atoms with Crippen LogP contribution in [0, 0.1) is 0 Å². The van der Waals surface area contributed by atoms with Crippen molar-refractivity contribution in [2.45, 2.75) is 12.8 Å². The average Bonchev–Trinajstić information content (AvgIpc) is 2.82. The fourth-order valence-corrected chi connectivity index (χ4v) is 2.28. The first-order valence-corrected chi connectivity index (χ1v) is 6.82. The van der Waals surface area contributed by atoms with Crippen LogP contribution in [0.25, 0.3) is 11.1 Å². The van der Waals surface area contributed by atoms with Crippen LogP contribution in [0.1, 0.15) is 17.0 Å². The van der Waals surface area contributed by atoms with Gasteiger partial charge in [0.05, 0.1) is 6.42 Å². The van der Waals surface area contributed by atoms with Crippen molar-refractivity contribution in [1.82, 2.24) is 4.98 Å². The molecule has 0 saturated heterocycles. The maximum Gasteiger partial charge on any atom is 0.307 e. The van der Waals surface area contributed by atoms with E-state index in [4.69, 9.17) is 21.1 Å². The van der Waals surface area contributed by atoms with Gasteiger partial charge in [-0.3, -0.25) is 4.79 Å². The van der Waals surface area contributed by atoms with Crippen LogP contribution in [0.3, 0.4) is 0 Å². The fraction of sp³-hybridized carbons (Fsp3) is 0.125. The Morgan fingerprint density at radius 2 is 1.86 bits per heavy atom. The number of oxazole rings is 1. The molecular formula is C16H12ClNO3. The number of aromatic nitrogens is 1. The minimum atomic E-state index is -0.862. The first-order chi connectivity index (χ1) is 10.1. The van der Waals surface area contributed by atoms with Gasteiger partial charge in [0.15, 0.2) is 11.5 Å². The summed E-state index contributed by atoms with van der Waals surface area (Å²) in [6.07, 6.45) is 0.551. The first-order valence-electron chi connectivity index (χ1n) is 6.45. The standard InChI is InChI=1S/C16H12ClNO3/c17-12-4-1-10(2-5-12)8-15-18-13-7-11(9-16(19)20)3-6-14(13)21-15/h1-7H,8-9H2,(H,19,20). The third-order valence-corrected chi connectivity index (χ3v) is 3.37. The molecule has 3 rings (SSSR count). The van der Waals surface area contributed by atoms with E-state index in [0.29, 0.717) is 34.0 Å². The Morgan fingerprint density at radius 3 is 2.57 bits per heavy atom. The number of carboxylic acids is 1. The summed E-state index contributed by atoms with van der Waals surface area (Å²) >= 11 is 5.85. The molecule has 3 aromatic rings. The Balaban J connectivity index is 1.86. The number of carboxylic acid groups (broad SMARTS) is 1. The topological polar surface area (TPSA) is 63.3 Å². The van der Waals surface area contributed by atoms with E-state index in [0.717, 1.165) is 5.56 Å². The van der Waals surface area contributed by atoms with E-state index in [9.17, 15) is 4.79 Å². The molecule has 0 fully saturated rings. The van der Waals surface area contributed by atoms with Gasteiger partial charge in [-0.25, -0.2) is 4.98 Å². The monoisotopic (exact) mass is 301 g/mol. The number of rotatable bonds is 4. The highest BCUT2D eigenvalue weighted by atomic mass is 35.5. The summed E-state index contributed by atoms with van der Waals surface area (Å²) in [6, 6.07) is 12.7. The summed E-state index contributed by atoms with van der Waals surface area (Å²) in [5.74, 6) is -0.265. The van der Waals surface area contributed by atoms with Crippen molar-refractivity contribution in [2.75, 3.05) is 0 Å². The summed E-state index contributed by atoms with van der Waals surface area (Å²) < 4.78 is 5.67. The number of nitrogens with zero attached hydrogens (tertiary/aromatic N) is 1. The van der Waals surface area contributed by atoms with Gasteiger partial charge in [-0.1, -0.05) is 29.8 Å².